The van der Waals surface area contributed by atoms with Crippen molar-refractivity contribution in [1.29, 1.82) is 0 Å². The van der Waals surface area contributed by atoms with E-state index in [0.717, 1.165) is 14.9 Å². The number of benzene rings is 3. The number of halogens is 3. The van der Waals surface area contributed by atoms with Crippen LogP contribution in [0.2, 0.25) is 10.0 Å². The molecule has 196 valence electrons. The van der Waals surface area contributed by atoms with Gasteiger partial charge in [0.15, 0.2) is 6.17 Å². The third-order valence-corrected chi connectivity index (χ3v) is 7.13. The third kappa shape index (κ3) is 4.52. The van der Waals surface area contributed by atoms with Crippen LogP contribution in [0, 0.1) is 5.82 Å². The lowest BCUT2D eigenvalue weighted by Gasteiger charge is -2.34. The number of carbonyl (C=O) groups excluding carboxylic acids is 1. The molecule has 0 spiro atoms. The lowest BCUT2D eigenvalue weighted by Crippen LogP contribution is -2.47. The first-order chi connectivity index (χ1) is 18.1. The molecule has 1 atom stereocenters. The summed E-state index contributed by atoms with van der Waals surface area (Å²) >= 11 is 12.3. The van der Waals surface area contributed by atoms with E-state index in [2.05, 4.69) is 0 Å². The summed E-state index contributed by atoms with van der Waals surface area (Å²) in [5, 5.41) is 0.729. The van der Waals surface area contributed by atoms with Gasteiger partial charge < -0.3 is 9.42 Å². The number of hydrogen-bond donors (Lipinski definition) is 0. The van der Waals surface area contributed by atoms with Crippen molar-refractivity contribution in [2.45, 2.75) is 32.0 Å². The normalized spacial score (nSPS) is 16.9. The van der Waals surface area contributed by atoms with Gasteiger partial charge in [0.2, 0.25) is 0 Å². The predicted molar refractivity (Wildman–Crippen MR) is 143 cm³/mol. The second-order valence-corrected chi connectivity index (χ2v) is 10.3. The van der Waals surface area contributed by atoms with Crippen LogP contribution in [0.15, 0.2) is 86.9 Å². The molecule has 8 nitrogen and oxygen atoms in total. The molecule has 0 aliphatic carbocycles. The van der Waals surface area contributed by atoms with Crippen LogP contribution in [-0.4, -0.2) is 32.3 Å². The highest BCUT2D eigenvalue weighted by Gasteiger charge is 2.55. The Morgan fingerprint density at radius 2 is 1.50 bits per heavy atom. The summed E-state index contributed by atoms with van der Waals surface area (Å²) in [5.74, 6) is -1.27. The summed E-state index contributed by atoms with van der Waals surface area (Å²) in [6.07, 6.45) is -0.601. The maximum Gasteiger partial charge on any atom is 0.447 e. The zero-order valence-corrected chi connectivity index (χ0v) is 22.0. The molecule has 38 heavy (non-hydrogen) atoms. The van der Waals surface area contributed by atoms with Crippen molar-refractivity contribution in [2.75, 3.05) is 11.4 Å². The number of aromatic nitrogens is 2. The van der Waals surface area contributed by atoms with E-state index in [1.807, 2.05) is 0 Å². The average Bonchev–Trinajstić information content (AvgIpc) is 3.26. The second kappa shape index (κ2) is 9.81. The fourth-order valence-corrected chi connectivity index (χ4v) is 5.18. The number of carbonyl (C=O) groups is 1. The van der Waals surface area contributed by atoms with Gasteiger partial charge in [-0.3, -0.25) is 4.90 Å². The average molecular weight is 557 g/mol. The van der Waals surface area contributed by atoms with E-state index in [4.69, 9.17) is 27.7 Å². The molecule has 1 saturated heterocycles. The standard InChI is InChI=1S/C27H23Cl2FN4O4/c1-27(2)23(34-25(36)33(26(37)38-34)22-8-4-6-19(29)16-22)32(21-7-3-5-18(28)15-21)24(35)31(27)14-13-17-9-11-20(30)12-10-17/h3-12,15-16,23H,13-14H2,1-2H3/t23-/m1/s1. The number of hydrogen-bond acceptors (Lipinski definition) is 4. The van der Waals surface area contributed by atoms with Gasteiger partial charge in [0.25, 0.3) is 0 Å². The van der Waals surface area contributed by atoms with Crippen LogP contribution in [-0.2, 0) is 6.42 Å². The summed E-state index contributed by atoms with van der Waals surface area (Å²) in [4.78, 5) is 43.4. The van der Waals surface area contributed by atoms with Crippen LogP contribution in [0.25, 0.3) is 5.69 Å². The molecule has 11 heteroatoms. The topological polar surface area (TPSA) is 80.7 Å². The Morgan fingerprint density at radius 1 is 0.895 bits per heavy atom. The molecule has 2 amide bonds. The number of amides is 2. The lowest BCUT2D eigenvalue weighted by atomic mass is 9.99. The largest absolute Gasteiger partial charge is 0.447 e. The molecule has 4 aromatic rings. The zero-order chi connectivity index (χ0) is 27.2. The van der Waals surface area contributed by atoms with E-state index in [0.29, 0.717) is 22.2 Å². The summed E-state index contributed by atoms with van der Waals surface area (Å²) < 4.78 is 20.6. The highest BCUT2D eigenvalue weighted by Crippen LogP contribution is 2.42. The smallest absolute Gasteiger partial charge is 0.315 e. The predicted octanol–water partition coefficient (Wildman–Crippen LogP) is 5.50. The first kappa shape index (κ1) is 25.8. The minimum Gasteiger partial charge on any atom is -0.315 e. The van der Waals surface area contributed by atoms with E-state index in [-0.39, 0.29) is 18.0 Å². The minimum atomic E-state index is -1.04. The Labute approximate surface area is 227 Å². The number of rotatable bonds is 6. The highest BCUT2D eigenvalue weighted by molar-refractivity contribution is 6.31. The van der Waals surface area contributed by atoms with Gasteiger partial charge in [-0.1, -0.05) is 47.5 Å². The van der Waals surface area contributed by atoms with Crippen LogP contribution in [0.4, 0.5) is 14.9 Å². The molecular formula is C27H23Cl2FN4O4. The van der Waals surface area contributed by atoms with E-state index in [1.165, 1.54) is 23.1 Å². The fraction of sp³-hybridized carbons (Fsp3) is 0.222. The number of nitrogens with zero attached hydrogens (tertiary/aromatic N) is 4. The van der Waals surface area contributed by atoms with Crippen molar-refractivity contribution in [3.05, 3.63) is 115 Å². The van der Waals surface area contributed by atoms with Gasteiger partial charge in [-0.05, 0) is 74.4 Å². The molecule has 5 rings (SSSR count). The molecule has 1 aliphatic heterocycles. The first-order valence-electron chi connectivity index (χ1n) is 11.8. The minimum absolute atomic E-state index is 0.236. The number of urea groups is 1. The van der Waals surface area contributed by atoms with Crippen molar-refractivity contribution in [3.8, 4) is 5.69 Å². The van der Waals surface area contributed by atoms with Crippen molar-refractivity contribution in [2.24, 2.45) is 0 Å². The van der Waals surface area contributed by atoms with Crippen LogP contribution < -0.4 is 16.3 Å². The van der Waals surface area contributed by atoms with Crippen molar-refractivity contribution < 1.29 is 13.7 Å². The molecule has 0 saturated carbocycles. The van der Waals surface area contributed by atoms with Gasteiger partial charge in [0.1, 0.15) is 5.82 Å². The summed E-state index contributed by atoms with van der Waals surface area (Å²) in [6.45, 7) is 3.83. The summed E-state index contributed by atoms with van der Waals surface area (Å²) in [5.41, 5.74) is -0.298. The molecule has 1 aliphatic rings. The van der Waals surface area contributed by atoms with Gasteiger partial charge in [-0.2, -0.15) is 4.57 Å². The van der Waals surface area contributed by atoms with Crippen LogP contribution in [0.3, 0.4) is 0 Å². The third-order valence-electron chi connectivity index (χ3n) is 6.66. The molecule has 0 radical (unpaired) electrons. The molecule has 0 bridgehead atoms. The van der Waals surface area contributed by atoms with Gasteiger partial charge in [0.05, 0.1) is 11.2 Å². The maximum atomic E-state index is 13.9. The van der Waals surface area contributed by atoms with Crippen LogP contribution in [0.5, 0.6) is 0 Å². The van der Waals surface area contributed by atoms with E-state index in [1.54, 1.807) is 73.3 Å². The van der Waals surface area contributed by atoms with E-state index in [9.17, 15) is 18.8 Å². The van der Waals surface area contributed by atoms with Gasteiger partial charge >= 0.3 is 17.5 Å². The van der Waals surface area contributed by atoms with E-state index < -0.39 is 29.2 Å². The van der Waals surface area contributed by atoms with Crippen molar-refractivity contribution >= 4 is 34.9 Å². The Balaban J connectivity index is 1.61. The van der Waals surface area contributed by atoms with Crippen LogP contribution >= 0.6 is 23.2 Å². The van der Waals surface area contributed by atoms with Crippen molar-refractivity contribution in [1.82, 2.24) is 14.2 Å². The molecule has 0 N–H and O–H groups in total. The molecule has 1 fully saturated rings. The molecule has 3 aromatic carbocycles. The molecule has 2 heterocycles. The summed E-state index contributed by atoms with van der Waals surface area (Å²) in [6, 6.07) is 18.5. The molecular weight excluding hydrogens is 534 g/mol. The maximum absolute atomic E-state index is 13.9. The van der Waals surface area contributed by atoms with Gasteiger partial charge in [-0.15, -0.1) is 4.74 Å². The first-order valence-corrected chi connectivity index (χ1v) is 12.5. The Kier molecular flexibility index (Phi) is 6.66. The van der Waals surface area contributed by atoms with Gasteiger partial charge in [-0.25, -0.2) is 18.8 Å². The lowest BCUT2D eigenvalue weighted by molar-refractivity contribution is 0.0975. The Bertz CT molecular complexity index is 1630. The quantitative estimate of drug-likeness (QED) is 0.314. The monoisotopic (exact) mass is 556 g/mol. The van der Waals surface area contributed by atoms with E-state index >= 15 is 0 Å². The SMILES string of the molecule is CC1(C)[C@@H](n2oc(=O)n(-c3cccc(Cl)c3)c2=O)N(c2cccc(Cl)c2)C(=O)N1CCc1ccc(F)cc1. The molecule has 1 aromatic heterocycles. The Hall–Kier alpha value is -3.82. The Morgan fingerprint density at radius 3 is 2.13 bits per heavy atom. The van der Waals surface area contributed by atoms with Gasteiger partial charge in [0, 0.05) is 22.3 Å². The second-order valence-electron chi connectivity index (χ2n) is 9.47. The zero-order valence-electron chi connectivity index (χ0n) is 20.5. The summed E-state index contributed by atoms with van der Waals surface area (Å²) in [7, 11) is 0. The fourth-order valence-electron chi connectivity index (χ4n) is 4.81. The van der Waals surface area contributed by atoms with Crippen molar-refractivity contribution in [3.63, 3.8) is 0 Å². The highest BCUT2D eigenvalue weighted by atomic mass is 35.5. The molecule has 0 unspecified atom stereocenters. The number of anilines is 1. The van der Waals surface area contributed by atoms with Crippen LogP contribution in [0.1, 0.15) is 25.6 Å².